The molecule has 22 atom stereocenters. The van der Waals surface area contributed by atoms with E-state index in [1.54, 1.807) is 12.5 Å². The number of hydrogen-bond acceptors (Lipinski definition) is 14. The predicted octanol–water partition coefficient (Wildman–Crippen LogP) is 2.15. The van der Waals surface area contributed by atoms with E-state index in [0.717, 1.165) is 12.0 Å². The summed E-state index contributed by atoms with van der Waals surface area (Å²) in [7, 11) is 0. The summed E-state index contributed by atoms with van der Waals surface area (Å²) in [6.45, 7) is 11.8. The maximum absolute atomic E-state index is 14.1. The number of ether oxygens (including phenoxy) is 2. The fraction of sp³-hybridized carbons (Fsp3) is 0.860. The minimum atomic E-state index is -1.67. The quantitative estimate of drug-likeness (QED) is 0.0723. The summed E-state index contributed by atoms with van der Waals surface area (Å²) in [5, 5.41) is 104. The van der Waals surface area contributed by atoms with E-state index in [4.69, 9.17) is 15.2 Å². The van der Waals surface area contributed by atoms with Gasteiger partial charge < -0.3 is 71.5 Å². The minimum Gasteiger partial charge on any atom is -0.481 e. The number of carbonyl (C=O) groups is 2. The van der Waals surface area contributed by atoms with Crippen molar-refractivity contribution in [1.29, 1.82) is 0 Å². The van der Waals surface area contributed by atoms with Crippen LogP contribution in [-0.4, -0.2) is 143 Å². The van der Waals surface area contributed by atoms with E-state index in [-0.39, 0.29) is 55.6 Å². The van der Waals surface area contributed by atoms with Crippen LogP contribution in [0.2, 0.25) is 0 Å². The Balaban J connectivity index is 1.29. The third kappa shape index (κ3) is 7.61. The minimum absolute atomic E-state index is 0.00983. The van der Waals surface area contributed by atoms with Gasteiger partial charge in [-0.1, -0.05) is 59.6 Å². The second-order valence-corrected chi connectivity index (χ2v) is 23.6. The van der Waals surface area contributed by atoms with Crippen molar-refractivity contribution in [3.63, 3.8) is 0 Å². The molecular weight excluding hydrogens is 865 g/mol. The van der Waals surface area contributed by atoms with Gasteiger partial charge in [0, 0.05) is 35.9 Å². The molecule has 6 fully saturated rings. The summed E-state index contributed by atoms with van der Waals surface area (Å²) < 4.78 is 12.4. The highest BCUT2D eigenvalue weighted by atomic mass is 16.7. The number of aromatic amines is 1. The van der Waals surface area contributed by atoms with Crippen LogP contribution in [0.1, 0.15) is 124 Å². The number of rotatable bonds is 14. The maximum atomic E-state index is 14.1. The summed E-state index contributed by atoms with van der Waals surface area (Å²) in [6.07, 6.45) is 1.36. The highest BCUT2D eigenvalue weighted by molar-refractivity contribution is 5.82. The largest absolute Gasteiger partial charge is 0.481 e. The molecule has 0 radical (unpaired) electrons. The molecule has 1 amide bonds. The summed E-state index contributed by atoms with van der Waals surface area (Å²) >= 11 is 0. The number of nitrogens with two attached hydrogens (primary N) is 1. The molecule has 17 heteroatoms. The van der Waals surface area contributed by atoms with E-state index >= 15 is 0 Å². The van der Waals surface area contributed by atoms with Crippen LogP contribution in [0, 0.1) is 73.9 Å². The lowest BCUT2D eigenvalue weighted by atomic mass is 9.30. The van der Waals surface area contributed by atoms with Gasteiger partial charge >= 0.3 is 5.97 Å². The SMILES string of the molecule is CCC1CC2(C(=O)O)CCC(C)(CO)CC2C2=CCC3C4(C)C(CC5C(CO)C(=O)NC5C(CCC(N)O)c5cnc[nH]5)C(O)C(OC5OCC(O)C(O)C5O)C(C)(CO)C4CCC3(C)C21C. The molecule has 3 heterocycles. The van der Waals surface area contributed by atoms with Crippen molar-refractivity contribution in [2.24, 2.45) is 79.6 Å². The predicted molar refractivity (Wildman–Crippen MR) is 243 cm³/mol. The molecule has 67 heavy (non-hydrogen) atoms. The average molecular weight is 945 g/mol. The van der Waals surface area contributed by atoms with Gasteiger partial charge in [-0.25, -0.2) is 4.98 Å². The number of hydrogen-bond donors (Lipinski definition) is 12. The van der Waals surface area contributed by atoms with Gasteiger partial charge in [0.05, 0.1) is 49.7 Å². The number of nitrogens with zero attached hydrogens (tertiary/aromatic N) is 1. The Morgan fingerprint density at radius 1 is 0.985 bits per heavy atom. The highest BCUT2D eigenvalue weighted by Gasteiger charge is 2.75. The number of aromatic nitrogens is 2. The third-order valence-corrected chi connectivity index (χ3v) is 20.7. The van der Waals surface area contributed by atoms with E-state index in [1.165, 1.54) is 0 Å². The number of aliphatic carboxylic acids is 1. The second kappa shape index (κ2) is 18.2. The van der Waals surface area contributed by atoms with Gasteiger partial charge in [0.2, 0.25) is 5.91 Å². The number of H-pyrrole nitrogens is 1. The first-order chi connectivity index (χ1) is 31.6. The number of fused-ring (bicyclic) bond motifs is 7. The number of nitrogens with one attached hydrogen (secondary N) is 2. The Bertz CT molecular complexity index is 1990. The van der Waals surface area contributed by atoms with E-state index in [1.807, 2.05) is 6.92 Å². The highest BCUT2D eigenvalue weighted by Crippen LogP contribution is 2.78. The molecule has 5 aliphatic carbocycles. The van der Waals surface area contributed by atoms with Crippen molar-refractivity contribution >= 4 is 11.9 Å². The van der Waals surface area contributed by atoms with Crippen molar-refractivity contribution < 1.29 is 65.0 Å². The monoisotopic (exact) mass is 945 g/mol. The number of aliphatic hydroxyl groups excluding tert-OH is 8. The zero-order chi connectivity index (χ0) is 48.8. The van der Waals surface area contributed by atoms with Crippen molar-refractivity contribution in [3.05, 3.63) is 29.9 Å². The van der Waals surface area contributed by atoms with E-state index in [9.17, 15) is 55.5 Å². The van der Waals surface area contributed by atoms with Gasteiger partial charge in [-0.2, -0.15) is 0 Å². The molecule has 2 saturated heterocycles. The molecular formula is C50H80N4O13. The second-order valence-electron chi connectivity index (χ2n) is 23.6. The van der Waals surface area contributed by atoms with Crippen LogP contribution in [0.5, 0.6) is 0 Å². The van der Waals surface area contributed by atoms with Gasteiger partial charge in [0.1, 0.15) is 24.5 Å². The molecule has 0 aromatic carbocycles. The number of allylic oxidation sites excluding steroid dienone is 2. The number of aliphatic hydroxyl groups is 8. The first-order valence-corrected chi connectivity index (χ1v) is 25.0. The van der Waals surface area contributed by atoms with Crippen LogP contribution < -0.4 is 11.1 Å². The molecule has 4 saturated carbocycles. The van der Waals surface area contributed by atoms with Gasteiger partial charge in [0.25, 0.3) is 0 Å². The fourth-order valence-electron chi connectivity index (χ4n) is 16.8. The molecule has 8 rings (SSSR count). The third-order valence-electron chi connectivity index (χ3n) is 20.7. The van der Waals surface area contributed by atoms with Crippen LogP contribution in [0.15, 0.2) is 24.2 Å². The van der Waals surface area contributed by atoms with E-state index < -0.39 is 124 Å². The number of carboxylic acid groups (broad SMARTS) is 1. The summed E-state index contributed by atoms with van der Waals surface area (Å²) in [6, 6.07) is -0.590. The Labute approximate surface area is 394 Å². The normalized spacial score (nSPS) is 49.4. The van der Waals surface area contributed by atoms with Gasteiger partial charge in [0.15, 0.2) is 6.29 Å². The van der Waals surface area contributed by atoms with E-state index in [2.05, 4.69) is 56.0 Å². The van der Waals surface area contributed by atoms with Gasteiger partial charge in [-0.15, -0.1) is 0 Å². The molecule has 1 aromatic heterocycles. The zero-order valence-electron chi connectivity index (χ0n) is 40.3. The van der Waals surface area contributed by atoms with E-state index in [0.29, 0.717) is 57.1 Å². The number of carboxylic acids is 1. The molecule has 22 unspecified atom stereocenters. The number of imidazole rings is 1. The Hall–Kier alpha value is -2.55. The maximum Gasteiger partial charge on any atom is 0.310 e. The topological polar surface area (TPSA) is 301 Å². The van der Waals surface area contributed by atoms with Gasteiger partial charge in [-0.05, 0) is 121 Å². The van der Waals surface area contributed by atoms with Crippen molar-refractivity contribution in [3.8, 4) is 0 Å². The summed E-state index contributed by atoms with van der Waals surface area (Å²) in [4.78, 5) is 35.2. The molecule has 7 aliphatic rings. The molecule has 0 bridgehead atoms. The molecule has 17 nitrogen and oxygen atoms in total. The zero-order valence-corrected chi connectivity index (χ0v) is 40.3. The number of amides is 1. The smallest absolute Gasteiger partial charge is 0.310 e. The Morgan fingerprint density at radius 2 is 1.72 bits per heavy atom. The summed E-state index contributed by atoms with van der Waals surface area (Å²) in [5.41, 5.74) is 3.42. The molecule has 13 N–H and O–H groups in total. The fourth-order valence-corrected chi connectivity index (χ4v) is 16.8. The molecule has 1 aromatic rings. The Kier molecular flexibility index (Phi) is 13.8. The standard InChI is InChI=1S/C50H80N4O13/c1-7-25-17-50(44(64)65)15-14-45(2,22-56)18-31(50)29-9-10-35-47(4,49(25,29)6)13-12-34-46(3,23-57)41(67-43-40(62)39(61)33(58)21-66-43)38(60)30(48(34,35)5)16-27-28(20-55)42(63)54-37(27)26(8-11-36(51)59)32-19-52-24-53-32/h9,19,24-28,30-31,33-41,43,55-62H,7-8,10-18,20-23,51H2,1-6H3,(H,52,53)(H,54,63)(H,64,65). The van der Waals surface area contributed by atoms with Crippen LogP contribution in [0.3, 0.4) is 0 Å². The first kappa shape index (κ1) is 50.8. The lowest BCUT2D eigenvalue weighted by Gasteiger charge is -2.74. The Morgan fingerprint density at radius 3 is 2.33 bits per heavy atom. The average Bonchev–Trinajstić information content (AvgIpc) is 3.94. The van der Waals surface area contributed by atoms with Crippen molar-refractivity contribution in [1.82, 2.24) is 15.3 Å². The van der Waals surface area contributed by atoms with Crippen LogP contribution in [0.25, 0.3) is 0 Å². The summed E-state index contributed by atoms with van der Waals surface area (Å²) in [5.74, 6) is -4.44. The van der Waals surface area contributed by atoms with Crippen LogP contribution in [0.4, 0.5) is 0 Å². The van der Waals surface area contributed by atoms with Crippen LogP contribution in [-0.2, 0) is 19.1 Å². The molecule has 2 aliphatic heterocycles. The molecule has 0 spiro atoms. The first-order valence-electron chi connectivity index (χ1n) is 25.0. The lowest BCUT2D eigenvalue weighted by molar-refractivity contribution is -0.341. The van der Waals surface area contributed by atoms with Crippen molar-refractivity contribution in [2.75, 3.05) is 26.4 Å². The van der Waals surface area contributed by atoms with Gasteiger partial charge in [-0.3, -0.25) is 9.59 Å². The van der Waals surface area contributed by atoms with Crippen molar-refractivity contribution in [2.45, 2.75) is 167 Å². The number of carbonyl (C=O) groups excluding carboxylic acids is 1. The molecule has 378 valence electrons. The lowest BCUT2D eigenvalue weighted by Crippen LogP contribution is -2.73. The van der Waals surface area contributed by atoms with Crippen LogP contribution >= 0.6 is 0 Å².